The Hall–Kier alpha value is -0.830. The van der Waals surface area contributed by atoms with Crippen molar-refractivity contribution in [3.05, 3.63) is 18.0 Å². The minimum atomic E-state index is 0.900. The Labute approximate surface area is 91.9 Å². The van der Waals surface area contributed by atoms with E-state index in [1.54, 1.807) is 0 Å². The van der Waals surface area contributed by atoms with Crippen LogP contribution in [0.2, 0.25) is 0 Å². The van der Waals surface area contributed by atoms with E-state index in [1.165, 1.54) is 31.4 Å². The van der Waals surface area contributed by atoms with Crippen LogP contribution in [0.3, 0.4) is 0 Å². The third-order valence-corrected chi connectivity index (χ3v) is 3.32. The molecule has 0 radical (unpaired) electrons. The molecular formula is C12H21N3. The van der Waals surface area contributed by atoms with Gasteiger partial charge >= 0.3 is 0 Å². The molecule has 3 heteroatoms. The zero-order valence-electron chi connectivity index (χ0n) is 9.74. The fraction of sp³-hybridized carbons (Fsp3) is 0.750. The Morgan fingerprint density at radius 2 is 2.40 bits per heavy atom. The summed E-state index contributed by atoms with van der Waals surface area (Å²) in [6, 6.07) is 0. The van der Waals surface area contributed by atoms with Crippen molar-refractivity contribution in [3.8, 4) is 0 Å². The topological polar surface area (TPSA) is 29.9 Å². The first-order chi connectivity index (χ1) is 7.24. The standard InChI is InChI=1S/C12H21N3/c1-10-3-4-11(5-10)6-13-7-12-8-14-15(2)9-12/h8-11,13H,3-7H2,1-2H3. The lowest BCUT2D eigenvalue weighted by Gasteiger charge is -2.09. The first-order valence-electron chi connectivity index (χ1n) is 5.92. The number of nitrogens with zero attached hydrogens (tertiary/aromatic N) is 2. The molecule has 84 valence electrons. The first kappa shape index (κ1) is 10.7. The number of nitrogens with one attached hydrogen (secondary N) is 1. The van der Waals surface area contributed by atoms with Crippen molar-refractivity contribution in [1.29, 1.82) is 0 Å². The number of hydrogen-bond donors (Lipinski definition) is 1. The molecule has 1 aromatic heterocycles. The van der Waals surface area contributed by atoms with Crippen LogP contribution in [0, 0.1) is 11.8 Å². The summed E-state index contributed by atoms with van der Waals surface area (Å²) in [5, 5.41) is 7.68. The van der Waals surface area contributed by atoms with Gasteiger partial charge in [-0.3, -0.25) is 4.68 Å². The van der Waals surface area contributed by atoms with Gasteiger partial charge in [-0.1, -0.05) is 13.3 Å². The van der Waals surface area contributed by atoms with Gasteiger partial charge in [-0.25, -0.2) is 0 Å². The van der Waals surface area contributed by atoms with E-state index in [0.717, 1.165) is 18.4 Å². The van der Waals surface area contributed by atoms with Crippen LogP contribution in [0.15, 0.2) is 12.4 Å². The Balaban J connectivity index is 1.67. The fourth-order valence-corrected chi connectivity index (χ4v) is 2.49. The molecule has 2 unspecified atom stereocenters. The second kappa shape index (κ2) is 4.79. The van der Waals surface area contributed by atoms with Gasteiger partial charge < -0.3 is 5.32 Å². The minimum absolute atomic E-state index is 0.900. The van der Waals surface area contributed by atoms with Crippen LogP contribution in [0.4, 0.5) is 0 Å². The van der Waals surface area contributed by atoms with Crippen molar-refractivity contribution in [3.63, 3.8) is 0 Å². The summed E-state index contributed by atoms with van der Waals surface area (Å²) in [5.41, 5.74) is 1.28. The molecule has 1 aliphatic carbocycles. The minimum Gasteiger partial charge on any atom is -0.312 e. The summed E-state index contributed by atoms with van der Waals surface area (Å²) in [6.45, 7) is 4.49. The number of aromatic nitrogens is 2. The van der Waals surface area contributed by atoms with Crippen LogP contribution in [-0.2, 0) is 13.6 Å². The first-order valence-corrected chi connectivity index (χ1v) is 5.92. The summed E-state index contributed by atoms with van der Waals surface area (Å²) >= 11 is 0. The SMILES string of the molecule is CC1CCC(CNCc2cnn(C)c2)C1. The Kier molecular flexibility index (Phi) is 3.41. The molecule has 1 aliphatic rings. The van der Waals surface area contributed by atoms with E-state index in [4.69, 9.17) is 0 Å². The lowest BCUT2D eigenvalue weighted by Crippen LogP contribution is -2.20. The normalized spacial score (nSPS) is 26.0. The zero-order valence-corrected chi connectivity index (χ0v) is 9.74. The third-order valence-electron chi connectivity index (χ3n) is 3.32. The lowest BCUT2D eigenvalue weighted by molar-refractivity contribution is 0.470. The van der Waals surface area contributed by atoms with Crippen molar-refractivity contribution in [2.24, 2.45) is 18.9 Å². The molecule has 0 aliphatic heterocycles. The molecule has 0 amide bonds. The molecule has 0 saturated heterocycles. The summed E-state index contributed by atoms with van der Waals surface area (Å²) in [4.78, 5) is 0. The second-order valence-corrected chi connectivity index (χ2v) is 4.94. The van der Waals surface area contributed by atoms with E-state index in [1.807, 2.05) is 17.9 Å². The maximum absolute atomic E-state index is 4.16. The van der Waals surface area contributed by atoms with E-state index < -0.39 is 0 Å². The molecule has 1 saturated carbocycles. The maximum Gasteiger partial charge on any atom is 0.0534 e. The molecule has 1 heterocycles. The van der Waals surface area contributed by atoms with Gasteiger partial charge in [0.05, 0.1) is 6.20 Å². The van der Waals surface area contributed by atoms with Gasteiger partial charge in [-0.05, 0) is 31.2 Å². The van der Waals surface area contributed by atoms with Crippen LogP contribution in [-0.4, -0.2) is 16.3 Å². The molecule has 1 N–H and O–H groups in total. The Bertz CT molecular complexity index is 306. The highest BCUT2D eigenvalue weighted by atomic mass is 15.2. The van der Waals surface area contributed by atoms with E-state index in [2.05, 4.69) is 23.5 Å². The summed E-state index contributed by atoms with van der Waals surface area (Å²) in [5.74, 6) is 1.84. The van der Waals surface area contributed by atoms with Crippen LogP contribution in [0.1, 0.15) is 31.7 Å². The van der Waals surface area contributed by atoms with E-state index >= 15 is 0 Å². The summed E-state index contributed by atoms with van der Waals surface area (Å²) < 4.78 is 1.86. The number of rotatable bonds is 4. The molecule has 0 spiro atoms. The largest absolute Gasteiger partial charge is 0.312 e. The molecular weight excluding hydrogens is 186 g/mol. The molecule has 15 heavy (non-hydrogen) atoms. The molecule has 1 fully saturated rings. The predicted molar refractivity (Wildman–Crippen MR) is 61.4 cm³/mol. The molecule has 0 bridgehead atoms. The van der Waals surface area contributed by atoms with Crippen LogP contribution in [0.25, 0.3) is 0 Å². The van der Waals surface area contributed by atoms with Gasteiger partial charge in [-0.15, -0.1) is 0 Å². The Morgan fingerprint density at radius 3 is 3.00 bits per heavy atom. The summed E-state index contributed by atoms with van der Waals surface area (Å²) in [6.07, 6.45) is 8.23. The average molecular weight is 207 g/mol. The van der Waals surface area contributed by atoms with Gasteiger partial charge in [0.15, 0.2) is 0 Å². The predicted octanol–water partition coefficient (Wildman–Crippen LogP) is 1.95. The third kappa shape index (κ3) is 3.06. The van der Waals surface area contributed by atoms with Crippen molar-refractivity contribution in [1.82, 2.24) is 15.1 Å². The second-order valence-electron chi connectivity index (χ2n) is 4.94. The maximum atomic E-state index is 4.16. The highest BCUT2D eigenvalue weighted by Crippen LogP contribution is 2.29. The molecule has 2 rings (SSSR count). The van der Waals surface area contributed by atoms with Gasteiger partial charge in [-0.2, -0.15) is 5.10 Å². The van der Waals surface area contributed by atoms with E-state index in [9.17, 15) is 0 Å². The quantitative estimate of drug-likeness (QED) is 0.817. The van der Waals surface area contributed by atoms with Crippen molar-refractivity contribution in [2.45, 2.75) is 32.7 Å². The molecule has 1 aromatic rings. The molecule has 3 nitrogen and oxygen atoms in total. The highest BCUT2D eigenvalue weighted by Gasteiger charge is 2.20. The van der Waals surface area contributed by atoms with Crippen LogP contribution in [0.5, 0.6) is 0 Å². The molecule has 0 aromatic carbocycles. The Morgan fingerprint density at radius 1 is 1.53 bits per heavy atom. The van der Waals surface area contributed by atoms with Gasteiger partial charge in [0, 0.05) is 25.4 Å². The fourth-order valence-electron chi connectivity index (χ4n) is 2.49. The van der Waals surface area contributed by atoms with E-state index in [-0.39, 0.29) is 0 Å². The summed E-state index contributed by atoms with van der Waals surface area (Å²) in [7, 11) is 1.96. The zero-order chi connectivity index (χ0) is 10.7. The molecule has 2 atom stereocenters. The van der Waals surface area contributed by atoms with Gasteiger partial charge in [0.2, 0.25) is 0 Å². The smallest absolute Gasteiger partial charge is 0.0534 e. The van der Waals surface area contributed by atoms with Crippen LogP contribution < -0.4 is 5.32 Å². The van der Waals surface area contributed by atoms with Crippen molar-refractivity contribution >= 4 is 0 Å². The van der Waals surface area contributed by atoms with Crippen LogP contribution >= 0.6 is 0 Å². The lowest BCUT2D eigenvalue weighted by atomic mass is 10.1. The number of hydrogen-bond acceptors (Lipinski definition) is 2. The van der Waals surface area contributed by atoms with Crippen molar-refractivity contribution < 1.29 is 0 Å². The monoisotopic (exact) mass is 207 g/mol. The van der Waals surface area contributed by atoms with E-state index in [0.29, 0.717) is 0 Å². The number of aryl methyl sites for hydroxylation is 1. The van der Waals surface area contributed by atoms with Gasteiger partial charge in [0.25, 0.3) is 0 Å². The van der Waals surface area contributed by atoms with Crippen molar-refractivity contribution in [2.75, 3.05) is 6.54 Å². The average Bonchev–Trinajstić information content (AvgIpc) is 2.76. The highest BCUT2D eigenvalue weighted by molar-refractivity contribution is 5.02. The van der Waals surface area contributed by atoms with Gasteiger partial charge in [0.1, 0.15) is 0 Å².